The number of nitrogens with two attached hydrogens (primary N) is 1. The topological polar surface area (TPSA) is 134 Å². The molecule has 0 aromatic carbocycles. The molecule has 2 aliphatic rings. The molecule has 31 heavy (non-hydrogen) atoms. The predicted molar refractivity (Wildman–Crippen MR) is 107 cm³/mol. The Morgan fingerprint density at radius 1 is 1.35 bits per heavy atom. The zero-order valence-corrected chi connectivity index (χ0v) is 18.2. The first-order valence-electron chi connectivity index (χ1n) is 10.3. The van der Waals surface area contributed by atoms with Crippen LogP contribution in [0.15, 0.2) is 18.5 Å². The lowest BCUT2D eigenvalue weighted by Gasteiger charge is -2.29. The van der Waals surface area contributed by atoms with Crippen molar-refractivity contribution in [2.24, 2.45) is 11.7 Å². The summed E-state index contributed by atoms with van der Waals surface area (Å²) in [5, 5.41) is 14.6. The molecule has 2 saturated heterocycles. The quantitative estimate of drug-likeness (QED) is 0.696. The van der Waals surface area contributed by atoms with Crippen LogP contribution in [0.1, 0.15) is 39.1 Å². The van der Waals surface area contributed by atoms with Crippen molar-refractivity contribution in [2.75, 3.05) is 6.61 Å². The summed E-state index contributed by atoms with van der Waals surface area (Å²) < 4.78 is 25.4. The van der Waals surface area contributed by atoms with Gasteiger partial charge in [-0.25, -0.2) is 9.50 Å². The number of nitrogens with zero attached hydrogens (tertiary/aromatic N) is 4. The van der Waals surface area contributed by atoms with Crippen molar-refractivity contribution in [3.63, 3.8) is 0 Å². The van der Waals surface area contributed by atoms with Crippen LogP contribution in [0.25, 0.3) is 5.52 Å². The molecule has 2 fully saturated rings. The first-order chi connectivity index (χ1) is 14.6. The van der Waals surface area contributed by atoms with E-state index in [0.717, 1.165) is 11.2 Å². The fourth-order valence-electron chi connectivity index (χ4n) is 4.10. The molecule has 5 atom stereocenters. The van der Waals surface area contributed by atoms with Gasteiger partial charge in [0.15, 0.2) is 5.79 Å². The van der Waals surface area contributed by atoms with E-state index < -0.39 is 41.7 Å². The van der Waals surface area contributed by atoms with Gasteiger partial charge in [0.1, 0.15) is 43.4 Å². The average molecular weight is 429 g/mol. The zero-order chi connectivity index (χ0) is 22.6. The Hall–Kier alpha value is -2.58. The van der Waals surface area contributed by atoms with Gasteiger partial charge in [0.25, 0.3) is 0 Å². The lowest BCUT2D eigenvalue weighted by molar-refractivity contribution is -0.207. The van der Waals surface area contributed by atoms with Crippen LogP contribution in [-0.2, 0) is 29.3 Å². The van der Waals surface area contributed by atoms with Gasteiger partial charge in [-0.05, 0) is 38.8 Å². The number of ether oxygens (including phenoxy) is 4. The van der Waals surface area contributed by atoms with Crippen molar-refractivity contribution in [2.45, 2.75) is 70.4 Å². The highest BCUT2D eigenvalue weighted by Gasteiger charge is 2.65. The van der Waals surface area contributed by atoms with E-state index in [9.17, 15) is 10.1 Å². The summed E-state index contributed by atoms with van der Waals surface area (Å²) in [5.74, 6) is -1.53. The van der Waals surface area contributed by atoms with Gasteiger partial charge < -0.3 is 24.7 Å². The van der Waals surface area contributed by atoms with E-state index in [1.54, 1.807) is 24.4 Å². The van der Waals surface area contributed by atoms with E-state index in [4.69, 9.17) is 24.7 Å². The van der Waals surface area contributed by atoms with Crippen molar-refractivity contribution < 1.29 is 23.7 Å². The fraction of sp³-hybridized carbons (Fsp3) is 0.619. The monoisotopic (exact) mass is 429 g/mol. The first kappa shape index (κ1) is 21.6. The Labute approximate surface area is 180 Å². The Bertz CT molecular complexity index is 1040. The molecule has 10 nitrogen and oxygen atoms in total. The second-order valence-electron chi connectivity index (χ2n) is 8.79. The summed E-state index contributed by atoms with van der Waals surface area (Å²) >= 11 is 0. The summed E-state index contributed by atoms with van der Waals surface area (Å²) in [4.78, 5) is 16.5. The Balaban J connectivity index is 1.69. The molecular weight excluding hydrogens is 402 g/mol. The SMILES string of the molecule is Cc1ncnn2c([C@]3(C#N)O[C@H](COC(=O)[C@@H](N)C(C)C)[C@H]4OC(C)(C)O[C@H]43)ccc12. The smallest absolute Gasteiger partial charge is 0.323 e. The number of aromatic nitrogens is 3. The third kappa shape index (κ3) is 3.47. The van der Waals surface area contributed by atoms with Gasteiger partial charge in [-0.1, -0.05) is 13.8 Å². The number of rotatable bonds is 5. The molecule has 0 amide bonds. The van der Waals surface area contributed by atoms with Crippen LogP contribution < -0.4 is 5.73 Å². The Kier molecular flexibility index (Phi) is 5.26. The second-order valence-corrected chi connectivity index (χ2v) is 8.79. The van der Waals surface area contributed by atoms with Crippen molar-refractivity contribution in [1.29, 1.82) is 5.26 Å². The molecule has 0 spiro atoms. The van der Waals surface area contributed by atoms with Gasteiger partial charge in [-0.15, -0.1) is 0 Å². The highest BCUT2D eigenvalue weighted by molar-refractivity contribution is 5.75. The van der Waals surface area contributed by atoms with Crippen LogP contribution in [0.4, 0.5) is 0 Å². The van der Waals surface area contributed by atoms with Gasteiger partial charge >= 0.3 is 5.97 Å². The number of nitriles is 1. The number of carbonyl (C=O) groups is 1. The maximum absolute atomic E-state index is 12.3. The molecular formula is C21H27N5O5. The Morgan fingerprint density at radius 3 is 2.77 bits per heavy atom. The molecule has 2 aromatic rings. The normalized spacial score (nSPS) is 30.3. The number of hydrogen-bond acceptors (Lipinski definition) is 9. The minimum absolute atomic E-state index is 0.0667. The second kappa shape index (κ2) is 7.53. The van der Waals surface area contributed by atoms with E-state index in [0.29, 0.717) is 5.69 Å². The van der Waals surface area contributed by atoms with Gasteiger partial charge in [-0.2, -0.15) is 10.4 Å². The van der Waals surface area contributed by atoms with Gasteiger partial charge in [0.05, 0.1) is 16.9 Å². The van der Waals surface area contributed by atoms with Gasteiger partial charge in [-0.3, -0.25) is 4.79 Å². The van der Waals surface area contributed by atoms with Crippen LogP contribution in [0.3, 0.4) is 0 Å². The summed E-state index contributed by atoms with van der Waals surface area (Å²) in [6.07, 6.45) is -0.663. The maximum Gasteiger partial charge on any atom is 0.323 e. The first-order valence-corrected chi connectivity index (χ1v) is 10.3. The highest BCUT2D eigenvalue weighted by Crippen LogP contribution is 2.49. The van der Waals surface area contributed by atoms with Crippen molar-refractivity contribution in [1.82, 2.24) is 14.6 Å². The molecule has 0 unspecified atom stereocenters. The largest absolute Gasteiger partial charge is 0.462 e. The van der Waals surface area contributed by atoms with E-state index >= 15 is 0 Å². The summed E-state index contributed by atoms with van der Waals surface area (Å²) in [5.41, 5.74) is 6.39. The third-order valence-electron chi connectivity index (χ3n) is 5.80. The minimum atomic E-state index is -1.51. The summed E-state index contributed by atoms with van der Waals surface area (Å²) in [6, 6.07) is 5.14. The number of fused-ring (bicyclic) bond motifs is 2. The summed E-state index contributed by atoms with van der Waals surface area (Å²) in [6.45, 7) is 8.97. The van der Waals surface area contributed by atoms with E-state index in [2.05, 4.69) is 16.2 Å². The van der Waals surface area contributed by atoms with Crippen molar-refractivity contribution in [3.05, 3.63) is 29.8 Å². The molecule has 0 radical (unpaired) electrons. The zero-order valence-electron chi connectivity index (χ0n) is 18.2. The number of hydrogen-bond donors (Lipinski definition) is 1. The highest BCUT2D eigenvalue weighted by atomic mass is 16.8. The molecule has 4 rings (SSSR count). The number of carbonyl (C=O) groups excluding carboxylic acids is 1. The molecule has 2 N–H and O–H groups in total. The lowest BCUT2D eigenvalue weighted by atomic mass is 9.92. The minimum Gasteiger partial charge on any atom is -0.462 e. The molecule has 166 valence electrons. The van der Waals surface area contributed by atoms with E-state index in [1.807, 2.05) is 26.8 Å². The van der Waals surface area contributed by atoms with Gasteiger partial charge in [0, 0.05) is 0 Å². The maximum atomic E-state index is 12.3. The molecule has 2 aliphatic heterocycles. The van der Waals surface area contributed by atoms with Crippen LogP contribution in [0.2, 0.25) is 0 Å². The van der Waals surface area contributed by atoms with Gasteiger partial charge in [0.2, 0.25) is 5.60 Å². The molecule has 2 aromatic heterocycles. The van der Waals surface area contributed by atoms with Crippen molar-refractivity contribution in [3.8, 4) is 6.07 Å². The lowest BCUT2D eigenvalue weighted by Crippen LogP contribution is -2.40. The predicted octanol–water partition coefficient (Wildman–Crippen LogP) is 1.20. The third-order valence-corrected chi connectivity index (χ3v) is 5.80. The van der Waals surface area contributed by atoms with Crippen LogP contribution in [0, 0.1) is 24.2 Å². The Morgan fingerprint density at radius 2 is 2.10 bits per heavy atom. The van der Waals surface area contributed by atoms with Crippen LogP contribution in [0.5, 0.6) is 0 Å². The molecule has 4 heterocycles. The molecule has 0 aliphatic carbocycles. The molecule has 0 bridgehead atoms. The van der Waals surface area contributed by atoms with Crippen LogP contribution >= 0.6 is 0 Å². The standard InChI is InChI=1S/C21H27N5O5/c1-11(2)16(23)19(27)28-8-14-17-18(31-20(4,5)30-17)21(9-22,29-14)15-7-6-13-12(3)24-10-25-26(13)15/h6-7,10-11,14,16-18H,8,23H2,1-5H3/t14-,16+,17-,18-,21+/m1/s1. The fourth-order valence-corrected chi connectivity index (χ4v) is 4.10. The average Bonchev–Trinajstić information content (AvgIpc) is 3.36. The van der Waals surface area contributed by atoms with Crippen molar-refractivity contribution >= 4 is 11.5 Å². The summed E-state index contributed by atoms with van der Waals surface area (Å²) in [7, 11) is 0. The number of aryl methyl sites for hydroxylation is 1. The van der Waals surface area contributed by atoms with E-state index in [1.165, 1.54) is 6.33 Å². The molecule has 10 heteroatoms. The number of esters is 1. The van der Waals surface area contributed by atoms with Crippen LogP contribution in [-0.4, -0.2) is 57.3 Å². The van der Waals surface area contributed by atoms with E-state index in [-0.39, 0.29) is 12.5 Å². The molecule has 0 saturated carbocycles.